The standard InChI is InChI=1S/C25H30FN5OS/c1-17-7-13-21(14-8-17)31-23(15-27-20-11-9-19(26)10-12-20)29-30-25(31)33-16-24(32)28-22-6-4-3-5-18(22)2/h7-14,18,22,27H,3-6,15-16H2,1-2H3,(H,28,32). The van der Waals surface area contributed by atoms with E-state index in [1.807, 2.05) is 35.8 Å². The summed E-state index contributed by atoms with van der Waals surface area (Å²) in [6.07, 6.45) is 4.64. The first-order valence-corrected chi connectivity index (χ1v) is 12.4. The number of aryl methyl sites for hydroxylation is 1. The van der Waals surface area contributed by atoms with Gasteiger partial charge in [-0.05, 0) is 62.1 Å². The SMILES string of the molecule is Cc1ccc(-n2c(CNc3ccc(F)cc3)nnc2SCC(=O)NC2CCCCC2C)cc1. The van der Waals surface area contributed by atoms with Crippen LogP contribution in [0.25, 0.3) is 5.69 Å². The quantitative estimate of drug-likeness (QED) is 0.450. The number of hydrogen-bond acceptors (Lipinski definition) is 5. The van der Waals surface area contributed by atoms with E-state index in [2.05, 4.69) is 27.8 Å². The van der Waals surface area contributed by atoms with E-state index in [1.54, 1.807) is 12.1 Å². The molecule has 2 atom stereocenters. The minimum absolute atomic E-state index is 0.0307. The van der Waals surface area contributed by atoms with Crippen molar-refractivity contribution in [2.75, 3.05) is 11.1 Å². The number of benzene rings is 2. The Morgan fingerprint density at radius 2 is 1.82 bits per heavy atom. The van der Waals surface area contributed by atoms with Crippen molar-refractivity contribution >= 4 is 23.4 Å². The summed E-state index contributed by atoms with van der Waals surface area (Å²) in [6, 6.07) is 14.6. The molecule has 0 saturated heterocycles. The molecule has 1 aliphatic rings. The van der Waals surface area contributed by atoms with Crippen LogP contribution in [0.1, 0.15) is 44.0 Å². The van der Waals surface area contributed by atoms with E-state index < -0.39 is 0 Å². The Bertz CT molecular complexity index is 1070. The molecule has 33 heavy (non-hydrogen) atoms. The number of nitrogens with one attached hydrogen (secondary N) is 2. The van der Waals surface area contributed by atoms with Crippen molar-refractivity contribution in [3.05, 3.63) is 65.7 Å². The van der Waals surface area contributed by atoms with Crippen LogP contribution in [0.5, 0.6) is 0 Å². The molecule has 174 valence electrons. The Labute approximate surface area is 198 Å². The third-order valence-corrected chi connectivity index (χ3v) is 7.01. The predicted octanol–water partition coefficient (Wildman–Crippen LogP) is 5.11. The number of nitrogens with zero attached hydrogens (tertiary/aromatic N) is 3. The summed E-state index contributed by atoms with van der Waals surface area (Å²) in [4.78, 5) is 12.6. The number of anilines is 1. The lowest BCUT2D eigenvalue weighted by Crippen LogP contribution is -2.41. The third kappa shape index (κ3) is 6.13. The van der Waals surface area contributed by atoms with Crippen LogP contribution in [0.4, 0.5) is 10.1 Å². The average molecular weight is 468 g/mol. The van der Waals surface area contributed by atoms with Gasteiger partial charge in [-0.3, -0.25) is 9.36 Å². The summed E-state index contributed by atoms with van der Waals surface area (Å²) in [5.41, 5.74) is 2.89. The molecule has 0 radical (unpaired) electrons. The van der Waals surface area contributed by atoms with E-state index in [0.717, 1.165) is 23.4 Å². The number of halogens is 1. The molecule has 8 heteroatoms. The van der Waals surface area contributed by atoms with Crippen molar-refractivity contribution in [3.63, 3.8) is 0 Å². The molecule has 6 nitrogen and oxygen atoms in total. The van der Waals surface area contributed by atoms with Crippen molar-refractivity contribution < 1.29 is 9.18 Å². The zero-order chi connectivity index (χ0) is 23.2. The number of carbonyl (C=O) groups is 1. The number of carbonyl (C=O) groups excluding carboxylic acids is 1. The highest BCUT2D eigenvalue weighted by atomic mass is 32.2. The number of aromatic nitrogens is 3. The molecule has 0 spiro atoms. The Morgan fingerprint density at radius 1 is 1.09 bits per heavy atom. The van der Waals surface area contributed by atoms with Gasteiger partial charge in [0.15, 0.2) is 11.0 Å². The van der Waals surface area contributed by atoms with E-state index in [4.69, 9.17) is 0 Å². The minimum Gasteiger partial charge on any atom is -0.378 e. The molecule has 0 bridgehead atoms. The molecule has 0 aliphatic heterocycles. The molecule has 1 aromatic heterocycles. The summed E-state index contributed by atoms with van der Waals surface area (Å²) >= 11 is 1.39. The van der Waals surface area contributed by atoms with Crippen molar-refractivity contribution in [3.8, 4) is 5.69 Å². The van der Waals surface area contributed by atoms with Gasteiger partial charge in [-0.2, -0.15) is 0 Å². The van der Waals surface area contributed by atoms with Crippen molar-refractivity contribution in [1.29, 1.82) is 0 Å². The van der Waals surface area contributed by atoms with Crippen LogP contribution in [0.2, 0.25) is 0 Å². The maximum absolute atomic E-state index is 13.2. The van der Waals surface area contributed by atoms with Crippen LogP contribution in [-0.4, -0.2) is 32.5 Å². The van der Waals surface area contributed by atoms with E-state index >= 15 is 0 Å². The normalized spacial score (nSPS) is 18.2. The van der Waals surface area contributed by atoms with Gasteiger partial charge in [-0.1, -0.05) is 49.2 Å². The number of rotatable bonds is 8. The van der Waals surface area contributed by atoms with E-state index in [-0.39, 0.29) is 17.8 Å². The molecule has 4 rings (SSSR count). The largest absolute Gasteiger partial charge is 0.378 e. The zero-order valence-electron chi connectivity index (χ0n) is 19.1. The van der Waals surface area contributed by atoms with Gasteiger partial charge >= 0.3 is 0 Å². The fourth-order valence-electron chi connectivity index (χ4n) is 4.12. The van der Waals surface area contributed by atoms with Crippen LogP contribution in [0, 0.1) is 18.7 Å². The van der Waals surface area contributed by atoms with Crippen molar-refractivity contribution in [1.82, 2.24) is 20.1 Å². The Hall–Kier alpha value is -2.87. The van der Waals surface area contributed by atoms with Crippen LogP contribution in [0.3, 0.4) is 0 Å². The molecule has 2 unspecified atom stereocenters. The summed E-state index contributed by atoms with van der Waals surface area (Å²) in [7, 11) is 0. The molecule has 3 aromatic rings. The van der Waals surface area contributed by atoms with Crippen LogP contribution >= 0.6 is 11.8 Å². The predicted molar refractivity (Wildman–Crippen MR) is 130 cm³/mol. The first-order valence-electron chi connectivity index (χ1n) is 11.4. The zero-order valence-corrected chi connectivity index (χ0v) is 19.9. The van der Waals surface area contributed by atoms with Crippen LogP contribution in [0.15, 0.2) is 53.7 Å². The second-order valence-corrected chi connectivity index (χ2v) is 9.60. The molecular formula is C25H30FN5OS. The van der Waals surface area contributed by atoms with Gasteiger partial charge in [0, 0.05) is 17.4 Å². The second-order valence-electron chi connectivity index (χ2n) is 8.65. The topological polar surface area (TPSA) is 71.8 Å². The molecule has 1 heterocycles. The monoisotopic (exact) mass is 467 g/mol. The van der Waals surface area contributed by atoms with Gasteiger partial charge in [-0.15, -0.1) is 10.2 Å². The lowest BCUT2D eigenvalue weighted by molar-refractivity contribution is -0.119. The highest BCUT2D eigenvalue weighted by Gasteiger charge is 2.23. The van der Waals surface area contributed by atoms with E-state index in [0.29, 0.717) is 29.2 Å². The molecule has 1 fully saturated rings. The highest BCUT2D eigenvalue weighted by Crippen LogP contribution is 2.25. The van der Waals surface area contributed by atoms with Gasteiger partial charge in [0.1, 0.15) is 5.82 Å². The number of hydrogen-bond donors (Lipinski definition) is 2. The minimum atomic E-state index is -0.275. The van der Waals surface area contributed by atoms with E-state index in [1.165, 1.54) is 43.2 Å². The van der Waals surface area contributed by atoms with Gasteiger partial charge in [0.2, 0.25) is 5.91 Å². The van der Waals surface area contributed by atoms with Gasteiger partial charge in [-0.25, -0.2) is 4.39 Å². The first kappa shape index (κ1) is 23.3. The summed E-state index contributed by atoms with van der Waals surface area (Å²) in [6.45, 7) is 4.67. The summed E-state index contributed by atoms with van der Waals surface area (Å²) in [5.74, 6) is 1.28. The Kier molecular flexibility index (Phi) is 7.65. The van der Waals surface area contributed by atoms with Gasteiger partial charge in [0.05, 0.1) is 12.3 Å². The lowest BCUT2D eigenvalue weighted by Gasteiger charge is -2.29. The molecule has 1 amide bonds. The first-order chi connectivity index (χ1) is 16.0. The lowest BCUT2D eigenvalue weighted by atomic mass is 9.86. The van der Waals surface area contributed by atoms with Crippen LogP contribution < -0.4 is 10.6 Å². The fraction of sp³-hybridized carbons (Fsp3) is 0.400. The van der Waals surface area contributed by atoms with Crippen LogP contribution in [-0.2, 0) is 11.3 Å². The molecule has 2 N–H and O–H groups in total. The maximum atomic E-state index is 13.2. The van der Waals surface area contributed by atoms with Gasteiger partial charge in [0.25, 0.3) is 0 Å². The number of amides is 1. The highest BCUT2D eigenvalue weighted by molar-refractivity contribution is 7.99. The molecule has 1 saturated carbocycles. The summed E-state index contributed by atoms with van der Waals surface area (Å²) < 4.78 is 15.2. The van der Waals surface area contributed by atoms with Gasteiger partial charge < -0.3 is 10.6 Å². The average Bonchev–Trinajstić information content (AvgIpc) is 3.22. The Morgan fingerprint density at radius 3 is 2.55 bits per heavy atom. The van der Waals surface area contributed by atoms with Crippen molar-refractivity contribution in [2.24, 2.45) is 5.92 Å². The molecule has 2 aromatic carbocycles. The maximum Gasteiger partial charge on any atom is 0.230 e. The van der Waals surface area contributed by atoms with Crippen molar-refractivity contribution in [2.45, 2.75) is 57.3 Å². The molecule has 1 aliphatic carbocycles. The Balaban J connectivity index is 1.47. The number of thioether (sulfide) groups is 1. The smallest absolute Gasteiger partial charge is 0.230 e. The summed E-state index contributed by atoms with van der Waals surface area (Å²) in [5, 5.41) is 15.9. The van der Waals surface area contributed by atoms with E-state index in [9.17, 15) is 9.18 Å². The third-order valence-electron chi connectivity index (χ3n) is 6.08. The molecular weight excluding hydrogens is 437 g/mol. The fourth-order valence-corrected chi connectivity index (χ4v) is 4.90. The second kappa shape index (κ2) is 10.8.